The van der Waals surface area contributed by atoms with E-state index < -0.39 is 0 Å². The lowest BCUT2D eigenvalue weighted by atomic mass is 10.1. The van der Waals surface area contributed by atoms with Gasteiger partial charge >= 0.3 is 0 Å². The zero-order chi connectivity index (χ0) is 10.6. The first-order chi connectivity index (χ1) is 6.63. The summed E-state index contributed by atoms with van der Waals surface area (Å²) < 4.78 is 0. The molecular formula is C12H18ClN. The Morgan fingerprint density at radius 2 is 2.14 bits per heavy atom. The van der Waals surface area contributed by atoms with Crippen molar-refractivity contribution in [2.24, 2.45) is 0 Å². The van der Waals surface area contributed by atoms with Crippen LogP contribution < -0.4 is 5.32 Å². The Labute approximate surface area is 91.5 Å². The van der Waals surface area contributed by atoms with E-state index in [1.165, 1.54) is 5.56 Å². The summed E-state index contributed by atoms with van der Waals surface area (Å²) in [6.07, 6.45) is 1.16. The zero-order valence-electron chi connectivity index (χ0n) is 9.10. The predicted molar refractivity (Wildman–Crippen MR) is 62.8 cm³/mol. The molecule has 1 N–H and O–H groups in total. The Hall–Kier alpha value is -0.530. The second-order valence-electron chi connectivity index (χ2n) is 3.77. The van der Waals surface area contributed by atoms with Crippen molar-refractivity contribution < 1.29 is 0 Å². The van der Waals surface area contributed by atoms with Crippen LogP contribution in [-0.4, -0.2) is 6.04 Å². The lowest BCUT2D eigenvalue weighted by Gasteiger charge is -2.11. The van der Waals surface area contributed by atoms with Crippen LogP contribution in [0, 0.1) is 6.92 Å². The second-order valence-corrected chi connectivity index (χ2v) is 4.18. The average Bonchev–Trinajstić information content (AvgIpc) is 2.19. The smallest absolute Gasteiger partial charge is 0.0435 e. The molecule has 0 spiro atoms. The van der Waals surface area contributed by atoms with Crippen molar-refractivity contribution in [3.63, 3.8) is 0 Å². The van der Waals surface area contributed by atoms with E-state index in [1.807, 2.05) is 13.0 Å². The van der Waals surface area contributed by atoms with Crippen LogP contribution in [0.5, 0.6) is 0 Å². The quantitative estimate of drug-likeness (QED) is 0.804. The Balaban J connectivity index is 2.55. The highest BCUT2D eigenvalue weighted by molar-refractivity contribution is 6.31. The normalized spacial score (nSPS) is 12.9. The van der Waals surface area contributed by atoms with Crippen LogP contribution >= 0.6 is 11.6 Å². The minimum absolute atomic E-state index is 0.575. The summed E-state index contributed by atoms with van der Waals surface area (Å²) >= 11 is 5.95. The monoisotopic (exact) mass is 211 g/mol. The van der Waals surface area contributed by atoms with Gasteiger partial charge in [-0.3, -0.25) is 0 Å². The van der Waals surface area contributed by atoms with Gasteiger partial charge in [-0.1, -0.05) is 30.7 Å². The van der Waals surface area contributed by atoms with E-state index in [0.717, 1.165) is 23.6 Å². The summed E-state index contributed by atoms with van der Waals surface area (Å²) in [5, 5.41) is 4.30. The molecule has 1 nitrogen and oxygen atoms in total. The van der Waals surface area contributed by atoms with Gasteiger partial charge in [-0.05, 0) is 37.5 Å². The van der Waals surface area contributed by atoms with E-state index in [0.29, 0.717) is 6.04 Å². The predicted octanol–water partition coefficient (Wildman–Crippen LogP) is 3.54. The summed E-state index contributed by atoms with van der Waals surface area (Å²) in [5.41, 5.74) is 2.45. The molecule has 0 bridgehead atoms. The van der Waals surface area contributed by atoms with Crippen LogP contribution in [0.15, 0.2) is 18.2 Å². The molecule has 1 aromatic carbocycles. The molecule has 0 heterocycles. The van der Waals surface area contributed by atoms with Gasteiger partial charge in [-0.25, -0.2) is 0 Å². The number of hydrogen-bond donors (Lipinski definition) is 1. The molecule has 0 saturated carbocycles. The Bertz CT molecular complexity index is 296. The van der Waals surface area contributed by atoms with E-state index in [9.17, 15) is 0 Å². The molecule has 2 heteroatoms. The highest BCUT2D eigenvalue weighted by atomic mass is 35.5. The summed E-state index contributed by atoms with van der Waals surface area (Å²) in [6, 6.07) is 6.75. The van der Waals surface area contributed by atoms with E-state index in [1.54, 1.807) is 0 Å². The topological polar surface area (TPSA) is 12.0 Å². The van der Waals surface area contributed by atoms with Gasteiger partial charge in [-0.15, -0.1) is 0 Å². The molecule has 14 heavy (non-hydrogen) atoms. The maximum atomic E-state index is 5.95. The number of nitrogens with one attached hydrogen (secondary N) is 1. The van der Waals surface area contributed by atoms with Crippen molar-refractivity contribution in [3.8, 4) is 0 Å². The fraction of sp³-hybridized carbons (Fsp3) is 0.500. The number of rotatable bonds is 4. The fourth-order valence-electron chi connectivity index (χ4n) is 1.25. The largest absolute Gasteiger partial charge is 0.310 e. The van der Waals surface area contributed by atoms with Crippen LogP contribution in [-0.2, 0) is 6.54 Å². The SMILES string of the molecule is CCC(C)NCc1ccc(Cl)c(C)c1. The maximum Gasteiger partial charge on any atom is 0.0435 e. The van der Waals surface area contributed by atoms with Gasteiger partial charge < -0.3 is 5.32 Å². The van der Waals surface area contributed by atoms with Crippen LogP contribution in [0.3, 0.4) is 0 Å². The molecule has 0 aromatic heterocycles. The van der Waals surface area contributed by atoms with E-state index in [-0.39, 0.29) is 0 Å². The van der Waals surface area contributed by atoms with Gasteiger partial charge in [0, 0.05) is 17.6 Å². The maximum absolute atomic E-state index is 5.95. The van der Waals surface area contributed by atoms with Gasteiger partial charge in [0.15, 0.2) is 0 Å². The minimum Gasteiger partial charge on any atom is -0.310 e. The Kier molecular flexibility index (Phi) is 4.43. The molecule has 1 unspecified atom stereocenters. The number of hydrogen-bond acceptors (Lipinski definition) is 1. The Morgan fingerprint density at radius 1 is 1.43 bits per heavy atom. The minimum atomic E-state index is 0.575. The lowest BCUT2D eigenvalue weighted by Crippen LogP contribution is -2.24. The third-order valence-corrected chi connectivity index (χ3v) is 2.91. The summed E-state index contributed by atoms with van der Waals surface area (Å²) in [4.78, 5) is 0. The summed E-state index contributed by atoms with van der Waals surface area (Å²) in [6.45, 7) is 7.34. The van der Waals surface area contributed by atoms with Crippen molar-refractivity contribution in [1.82, 2.24) is 5.32 Å². The average molecular weight is 212 g/mol. The molecule has 78 valence electrons. The van der Waals surface area contributed by atoms with Crippen molar-refractivity contribution >= 4 is 11.6 Å². The van der Waals surface area contributed by atoms with E-state index in [4.69, 9.17) is 11.6 Å². The molecule has 0 amide bonds. The standard InChI is InChI=1S/C12H18ClN/c1-4-10(3)14-8-11-5-6-12(13)9(2)7-11/h5-7,10,14H,4,8H2,1-3H3. The number of halogens is 1. The highest BCUT2D eigenvalue weighted by Gasteiger charge is 2.00. The van der Waals surface area contributed by atoms with Crippen LogP contribution in [0.1, 0.15) is 31.4 Å². The number of benzene rings is 1. The summed E-state index contributed by atoms with van der Waals surface area (Å²) in [7, 11) is 0. The van der Waals surface area contributed by atoms with E-state index >= 15 is 0 Å². The first-order valence-electron chi connectivity index (χ1n) is 5.12. The van der Waals surface area contributed by atoms with Crippen LogP contribution in [0.2, 0.25) is 5.02 Å². The third kappa shape index (κ3) is 3.32. The molecule has 0 aliphatic carbocycles. The first-order valence-corrected chi connectivity index (χ1v) is 5.49. The fourth-order valence-corrected chi connectivity index (χ4v) is 1.37. The molecule has 1 atom stereocenters. The van der Waals surface area contributed by atoms with Crippen LogP contribution in [0.25, 0.3) is 0 Å². The molecule has 0 fully saturated rings. The van der Waals surface area contributed by atoms with Crippen molar-refractivity contribution in [2.45, 2.75) is 39.8 Å². The first kappa shape index (κ1) is 11.5. The van der Waals surface area contributed by atoms with Crippen molar-refractivity contribution in [2.75, 3.05) is 0 Å². The van der Waals surface area contributed by atoms with Crippen LogP contribution in [0.4, 0.5) is 0 Å². The lowest BCUT2D eigenvalue weighted by molar-refractivity contribution is 0.534. The third-order valence-electron chi connectivity index (χ3n) is 2.49. The van der Waals surface area contributed by atoms with E-state index in [2.05, 4.69) is 31.3 Å². The van der Waals surface area contributed by atoms with Gasteiger partial charge in [0.25, 0.3) is 0 Å². The van der Waals surface area contributed by atoms with Crippen molar-refractivity contribution in [1.29, 1.82) is 0 Å². The van der Waals surface area contributed by atoms with Gasteiger partial charge in [0.05, 0.1) is 0 Å². The Morgan fingerprint density at radius 3 is 2.71 bits per heavy atom. The highest BCUT2D eigenvalue weighted by Crippen LogP contribution is 2.16. The molecule has 0 aliphatic heterocycles. The number of aryl methyl sites for hydroxylation is 1. The zero-order valence-corrected chi connectivity index (χ0v) is 9.86. The molecule has 0 aliphatic rings. The molecular weight excluding hydrogens is 194 g/mol. The van der Waals surface area contributed by atoms with Gasteiger partial charge in [-0.2, -0.15) is 0 Å². The summed E-state index contributed by atoms with van der Waals surface area (Å²) in [5.74, 6) is 0. The van der Waals surface area contributed by atoms with Gasteiger partial charge in [0.2, 0.25) is 0 Å². The molecule has 0 saturated heterocycles. The van der Waals surface area contributed by atoms with Gasteiger partial charge in [0.1, 0.15) is 0 Å². The second kappa shape index (κ2) is 5.38. The molecule has 0 radical (unpaired) electrons. The van der Waals surface area contributed by atoms with Crippen molar-refractivity contribution in [3.05, 3.63) is 34.3 Å². The molecule has 1 aromatic rings. The molecule has 1 rings (SSSR count).